The predicted molar refractivity (Wildman–Crippen MR) is 117 cm³/mol. The Kier molecular flexibility index (Phi) is 5.93. The molecule has 4 nitrogen and oxygen atoms in total. The second-order valence-corrected chi connectivity index (χ2v) is 8.18. The van der Waals surface area contributed by atoms with E-state index in [1.165, 1.54) is 19.3 Å². The largest absolute Gasteiger partial charge is 0.348 e. The number of anilines is 2. The number of halogens is 1. The number of thiazole rings is 1. The SMILES string of the molecule is O=C(Nc1ccc(-c2csc(N3CCCCC3)n2)cc1)C(Cl)c1ccccc1. The highest BCUT2D eigenvalue weighted by atomic mass is 35.5. The summed E-state index contributed by atoms with van der Waals surface area (Å²) in [6.45, 7) is 2.19. The maximum absolute atomic E-state index is 12.4. The molecule has 1 amide bonds. The van der Waals surface area contributed by atoms with Gasteiger partial charge in [0.1, 0.15) is 5.38 Å². The third-order valence-electron chi connectivity index (χ3n) is 4.89. The van der Waals surface area contributed by atoms with Gasteiger partial charge in [0, 0.05) is 29.7 Å². The molecule has 0 aliphatic carbocycles. The number of carbonyl (C=O) groups excluding carboxylic acids is 1. The van der Waals surface area contributed by atoms with Gasteiger partial charge in [0.15, 0.2) is 5.13 Å². The van der Waals surface area contributed by atoms with Crippen LogP contribution in [0.1, 0.15) is 30.2 Å². The van der Waals surface area contributed by atoms with E-state index < -0.39 is 5.38 Å². The van der Waals surface area contributed by atoms with Gasteiger partial charge < -0.3 is 10.2 Å². The molecule has 1 aromatic heterocycles. The van der Waals surface area contributed by atoms with Crippen LogP contribution in [0.2, 0.25) is 0 Å². The summed E-state index contributed by atoms with van der Waals surface area (Å²) >= 11 is 7.98. The Morgan fingerprint density at radius 2 is 1.75 bits per heavy atom. The Bertz CT molecular complexity index is 920. The van der Waals surface area contributed by atoms with Crippen molar-refractivity contribution in [3.05, 3.63) is 65.5 Å². The van der Waals surface area contributed by atoms with Crippen molar-refractivity contribution in [2.75, 3.05) is 23.3 Å². The Labute approximate surface area is 174 Å². The molecular weight excluding hydrogens is 390 g/mol. The van der Waals surface area contributed by atoms with E-state index in [1.807, 2.05) is 54.6 Å². The lowest BCUT2D eigenvalue weighted by atomic mass is 10.1. The van der Waals surface area contributed by atoms with Crippen LogP contribution in [0.15, 0.2) is 60.0 Å². The number of alkyl halides is 1. The highest BCUT2D eigenvalue weighted by Crippen LogP contribution is 2.30. The number of piperidine rings is 1. The summed E-state index contributed by atoms with van der Waals surface area (Å²) in [6.07, 6.45) is 3.80. The zero-order valence-corrected chi connectivity index (χ0v) is 17.0. The fourth-order valence-electron chi connectivity index (χ4n) is 3.33. The number of nitrogens with zero attached hydrogens (tertiary/aromatic N) is 2. The molecule has 4 rings (SSSR count). The standard InChI is InChI=1S/C22H22ClN3OS/c23-20(17-7-3-1-4-8-17)21(27)24-18-11-9-16(10-12-18)19-15-28-22(25-19)26-13-5-2-6-14-26/h1,3-4,7-12,15,20H,2,5-6,13-14H2,(H,24,27). The highest BCUT2D eigenvalue weighted by Gasteiger charge is 2.18. The molecule has 1 aliphatic heterocycles. The number of benzene rings is 2. The summed E-state index contributed by atoms with van der Waals surface area (Å²) in [6, 6.07) is 17.1. The Morgan fingerprint density at radius 3 is 2.46 bits per heavy atom. The zero-order chi connectivity index (χ0) is 19.3. The molecule has 1 fully saturated rings. The number of amides is 1. The van der Waals surface area contributed by atoms with Crippen molar-refractivity contribution < 1.29 is 4.79 Å². The van der Waals surface area contributed by atoms with Crippen LogP contribution < -0.4 is 10.2 Å². The molecule has 0 spiro atoms. The Morgan fingerprint density at radius 1 is 1.04 bits per heavy atom. The highest BCUT2D eigenvalue weighted by molar-refractivity contribution is 7.14. The third kappa shape index (κ3) is 4.37. The normalized spacial score (nSPS) is 15.2. The fourth-order valence-corrected chi connectivity index (χ4v) is 4.42. The third-order valence-corrected chi connectivity index (χ3v) is 6.24. The fraction of sp³-hybridized carbons (Fsp3) is 0.273. The quantitative estimate of drug-likeness (QED) is 0.546. The second kappa shape index (κ2) is 8.76. The molecule has 0 saturated carbocycles. The zero-order valence-electron chi connectivity index (χ0n) is 15.5. The van der Waals surface area contributed by atoms with Gasteiger partial charge in [-0.3, -0.25) is 4.79 Å². The smallest absolute Gasteiger partial charge is 0.246 e. The first-order chi connectivity index (χ1) is 13.7. The molecule has 1 saturated heterocycles. The lowest BCUT2D eigenvalue weighted by molar-refractivity contribution is -0.116. The first-order valence-corrected chi connectivity index (χ1v) is 10.8. The summed E-state index contributed by atoms with van der Waals surface area (Å²) < 4.78 is 0. The lowest BCUT2D eigenvalue weighted by Gasteiger charge is -2.25. The average Bonchev–Trinajstić information content (AvgIpc) is 3.25. The van der Waals surface area contributed by atoms with E-state index in [4.69, 9.17) is 16.6 Å². The second-order valence-electron chi connectivity index (χ2n) is 6.90. The van der Waals surface area contributed by atoms with Crippen LogP contribution >= 0.6 is 22.9 Å². The molecular formula is C22H22ClN3OS. The van der Waals surface area contributed by atoms with Crippen LogP contribution in [0.5, 0.6) is 0 Å². The Balaban J connectivity index is 1.41. The number of hydrogen-bond donors (Lipinski definition) is 1. The minimum atomic E-state index is -0.716. The average molecular weight is 412 g/mol. The van der Waals surface area contributed by atoms with E-state index >= 15 is 0 Å². The first kappa shape index (κ1) is 19.0. The number of carbonyl (C=O) groups is 1. The van der Waals surface area contributed by atoms with E-state index in [-0.39, 0.29) is 5.91 Å². The summed E-state index contributed by atoms with van der Waals surface area (Å²) in [7, 11) is 0. The summed E-state index contributed by atoms with van der Waals surface area (Å²) in [4.78, 5) is 19.6. The molecule has 1 aliphatic rings. The van der Waals surface area contributed by atoms with Crippen molar-refractivity contribution in [1.29, 1.82) is 0 Å². The minimum absolute atomic E-state index is 0.235. The molecule has 0 radical (unpaired) electrons. The molecule has 1 N–H and O–H groups in total. The van der Waals surface area contributed by atoms with E-state index in [2.05, 4.69) is 15.6 Å². The molecule has 3 aromatic rings. The number of nitrogens with one attached hydrogen (secondary N) is 1. The minimum Gasteiger partial charge on any atom is -0.348 e. The van der Waals surface area contributed by atoms with Gasteiger partial charge in [0.05, 0.1) is 5.69 Å². The van der Waals surface area contributed by atoms with Crippen molar-refractivity contribution in [1.82, 2.24) is 4.98 Å². The number of rotatable bonds is 5. The summed E-state index contributed by atoms with van der Waals surface area (Å²) in [5.41, 5.74) is 3.53. The molecule has 1 unspecified atom stereocenters. The van der Waals surface area contributed by atoms with Crippen molar-refractivity contribution in [3.63, 3.8) is 0 Å². The topological polar surface area (TPSA) is 45.2 Å². The van der Waals surface area contributed by atoms with Crippen molar-refractivity contribution in [2.24, 2.45) is 0 Å². The van der Waals surface area contributed by atoms with Gasteiger partial charge in [-0.25, -0.2) is 4.98 Å². The van der Waals surface area contributed by atoms with Gasteiger partial charge >= 0.3 is 0 Å². The predicted octanol–water partition coefficient (Wildman–Crippen LogP) is 5.72. The molecule has 1 atom stereocenters. The van der Waals surface area contributed by atoms with Crippen LogP contribution in [0, 0.1) is 0 Å². The van der Waals surface area contributed by atoms with Crippen LogP contribution in [-0.4, -0.2) is 24.0 Å². The van der Waals surface area contributed by atoms with Crippen LogP contribution in [-0.2, 0) is 4.79 Å². The van der Waals surface area contributed by atoms with E-state index in [1.54, 1.807) is 11.3 Å². The van der Waals surface area contributed by atoms with E-state index in [0.717, 1.165) is 40.7 Å². The van der Waals surface area contributed by atoms with Gasteiger partial charge in [-0.15, -0.1) is 22.9 Å². The van der Waals surface area contributed by atoms with E-state index in [9.17, 15) is 4.79 Å². The van der Waals surface area contributed by atoms with Crippen molar-refractivity contribution >= 4 is 39.7 Å². The summed E-state index contributed by atoms with van der Waals surface area (Å²) in [5.74, 6) is -0.235. The molecule has 2 heterocycles. The molecule has 144 valence electrons. The summed E-state index contributed by atoms with van der Waals surface area (Å²) in [5, 5.41) is 5.36. The van der Waals surface area contributed by atoms with E-state index in [0.29, 0.717) is 0 Å². The van der Waals surface area contributed by atoms with Gasteiger partial charge in [-0.05, 0) is 37.0 Å². The van der Waals surface area contributed by atoms with Gasteiger partial charge in [-0.1, -0.05) is 42.5 Å². The van der Waals surface area contributed by atoms with Gasteiger partial charge in [0.25, 0.3) is 0 Å². The monoisotopic (exact) mass is 411 g/mol. The maximum atomic E-state index is 12.4. The van der Waals surface area contributed by atoms with Crippen LogP contribution in [0.4, 0.5) is 10.8 Å². The molecule has 0 bridgehead atoms. The number of hydrogen-bond acceptors (Lipinski definition) is 4. The molecule has 2 aromatic carbocycles. The van der Waals surface area contributed by atoms with Crippen LogP contribution in [0.3, 0.4) is 0 Å². The molecule has 28 heavy (non-hydrogen) atoms. The van der Waals surface area contributed by atoms with Crippen molar-refractivity contribution in [2.45, 2.75) is 24.6 Å². The van der Waals surface area contributed by atoms with Crippen LogP contribution in [0.25, 0.3) is 11.3 Å². The Hall–Kier alpha value is -2.37. The maximum Gasteiger partial charge on any atom is 0.246 e. The lowest BCUT2D eigenvalue weighted by Crippen LogP contribution is -2.29. The van der Waals surface area contributed by atoms with Crippen molar-refractivity contribution in [3.8, 4) is 11.3 Å². The van der Waals surface area contributed by atoms with Gasteiger partial charge in [-0.2, -0.15) is 0 Å². The van der Waals surface area contributed by atoms with Gasteiger partial charge in [0.2, 0.25) is 5.91 Å². The molecule has 6 heteroatoms. The number of aromatic nitrogens is 1. The first-order valence-electron chi connectivity index (χ1n) is 9.51.